The Morgan fingerprint density at radius 2 is 1.52 bits per heavy atom. The summed E-state index contributed by atoms with van der Waals surface area (Å²) in [6.45, 7) is 4.10. The zero-order chi connectivity index (χ0) is 73.6. The monoisotopic (exact) mass is 1510 g/mol. The van der Waals surface area contributed by atoms with Crippen molar-refractivity contribution in [1.29, 1.82) is 0 Å². The lowest BCUT2D eigenvalue weighted by molar-refractivity contribution is -0.280. The van der Waals surface area contributed by atoms with Crippen LogP contribution < -0.4 is 32.3 Å². The van der Waals surface area contributed by atoms with Crippen molar-refractivity contribution in [2.24, 2.45) is 5.73 Å². The lowest BCUT2D eigenvalue weighted by Gasteiger charge is -2.48. The third kappa shape index (κ3) is 15.1. The molecule has 6 amide bonds. The van der Waals surface area contributed by atoms with Gasteiger partial charge in [0.05, 0.1) is 49.7 Å². The molecule has 0 radical (unpaired) electrons. The molecule has 11 heterocycles. The maximum Gasteiger partial charge on any atom is 0.358 e. The van der Waals surface area contributed by atoms with Crippen molar-refractivity contribution in [2.45, 2.75) is 114 Å². The lowest BCUT2D eigenvalue weighted by atomic mass is 9.85. The van der Waals surface area contributed by atoms with Crippen LogP contribution in [0, 0.1) is 0 Å². The number of allylic oxidation sites excluding steroid dienone is 1. The molecule has 12 bridgehead atoms. The molecular weight excluding hydrogens is 1440 g/mol. The lowest BCUT2D eigenvalue weighted by Crippen LogP contribution is -2.62. The van der Waals surface area contributed by atoms with E-state index in [9.17, 15) is 44.8 Å². The summed E-state index contributed by atoms with van der Waals surface area (Å²) in [6, 6.07) is -0.606. The summed E-state index contributed by atoms with van der Waals surface area (Å²) in [5.41, 5.74) is 2.73. The van der Waals surface area contributed by atoms with Gasteiger partial charge >= 0.3 is 11.9 Å². The van der Waals surface area contributed by atoms with Crippen molar-refractivity contribution in [3.63, 3.8) is 0 Å². The number of ether oxygens (including phenoxy) is 6. The van der Waals surface area contributed by atoms with Crippen LogP contribution >= 0.6 is 56.7 Å². The normalized spacial score (nSPS) is 23.9. The summed E-state index contributed by atoms with van der Waals surface area (Å²) >= 11 is 4.46. The number of hydrogen-bond acceptors (Lipinski definition) is 32. The molecule has 4 aliphatic heterocycles. The van der Waals surface area contributed by atoms with Crippen molar-refractivity contribution in [2.75, 3.05) is 54.6 Å². The number of pyridine rings is 1. The zero-order valence-corrected chi connectivity index (χ0v) is 60.1. The first kappa shape index (κ1) is 73.4. The number of thiazole rings is 5. The van der Waals surface area contributed by atoms with Crippen LogP contribution in [0.3, 0.4) is 0 Å². The first-order valence-electron chi connectivity index (χ1n) is 31.7. The molecule has 39 heteroatoms. The molecule has 0 spiro atoms. The van der Waals surface area contributed by atoms with Gasteiger partial charge in [0.15, 0.2) is 18.1 Å². The van der Waals surface area contributed by atoms with Crippen LogP contribution in [-0.4, -0.2) is 226 Å². The highest BCUT2D eigenvalue weighted by molar-refractivity contribution is 7.14. The molecule has 103 heavy (non-hydrogen) atoms. The highest BCUT2D eigenvalue weighted by Gasteiger charge is 2.50. The number of esters is 2. The number of benzene rings is 1. The number of nitrogens with one attached hydrogen (secondary N) is 5. The standard InChI is InChI=1S/C64H69N15O19S5/c1-25(81)42-56(88)75-43(26(2)93-8)59-70-37(24-101-59)55(87)76-46-48-49(98-40-15-64(4,91)50(77(5)6)27(3)97-40)63(90)95-17-28-10-9-11-38-41(28)30(18-94-48)47(79(38)92)62(89)96-19-32(67-53(85)35-23-103-61(46)72-35)58-68-33(20-100-58)44-29(57-69-36(21-99-57)54(86)74-42)14-39(82)45(73-44)60-71-34(22-102-60)52(84)66-31(51(65)83)16-78(7)12-13-80/h9-11,14,20-25,27,31-32,40,42,46,48-50,80-82,91-92H,12-13,15-19H2,1-8H3,(H2,65,83)(H,66,84)(H,67,85)(H,74,86)(H,75,88)(H,76,87)/t25?,27-,31?,32?,40-,42?,46?,48?,49?,50+,64-/m0/s1. The second kappa shape index (κ2) is 30.1. The Labute approximate surface area is 604 Å². The molecular formula is C64H69N15O19S5. The Morgan fingerprint density at radius 1 is 0.854 bits per heavy atom. The summed E-state index contributed by atoms with van der Waals surface area (Å²) in [7, 11) is 6.45. The number of primary amides is 1. The summed E-state index contributed by atoms with van der Waals surface area (Å²) in [5.74, 6) is -8.13. The molecule has 34 nitrogen and oxygen atoms in total. The van der Waals surface area contributed by atoms with Crippen LogP contribution in [0.5, 0.6) is 5.75 Å². The summed E-state index contributed by atoms with van der Waals surface area (Å²) in [5, 5.41) is 77.4. The minimum Gasteiger partial charge on any atom is -0.506 e. The summed E-state index contributed by atoms with van der Waals surface area (Å²) < 4.78 is 38.3. The number of carbonyl (C=O) groups is 8. The minimum absolute atomic E-state index is 0.00527. The van der Waals surface area contributed by atoms with E-state index in [0.29, 0.717) is 10.3 Å². The third-order valence-electron chi connectivity index (χ3n) is 17.4. The Morgan fingerprint density at radius 3 is 2.23 bits per heavy atom. The van der Waals surface area contributed by atoms with Crippen LogP contribution in [0.15, 0.2) is 56.9 Å². The number of nitrogens with two attached hydrogens (primary N) is 1. The molecule has 1 fully saturated rings. The maximum atomic E-state index is 15.2. The van der Waals surface area contributed by atoms with Crippen LogP contribution in [0.2, 0.25) is 0 Å². The number of aromatic hydroxyl groups is 1. The van der Waals surface area contributed by atoms with Gasteiger partial charge in [0, 0.05) is 62.9 Å². The van der Waals surface area contributed by atoms with Gasteiger partial charge in [-0.1, -0.05) is 12.1 Å². The van der Waals surface area contributed by atoms with Gasteiger partial charge in [-0.3, -0.25) is 28.8 Å². The largest absolute Gasteiger partial charge is 0.506 e. The minimum atomic E-state index is -1.93. The predicted molar refractivity (Wildman–Crippen MR) is 369 cm³/mol. The highest BCUT2D eigenvalue weighted by atomic mass is 32.1. The molecule has 12 rings (SSSR count). The second-order valence-corrected chi connectivity index (χ2v) is 29.3. The van der Waals surface area contributed by atoms with Gasteiger partial charge in [-0.15, -0.1) is 56.7 Å². The van der Waals surface area contributed by atoms with Crippen molar-refractivity contribution in [1.82, 2.24) is 71.0 Å². The van der Waals surface area contributed by atoms with Gasteiger partial charge in [-0.05, 0) is 66.5 Å². The first-order valence-corrected chi connectivity index (χ1v) is 36.1. The number of aliphatic hydroxyl groups is 3. The van der Waals surface area contributed by atoms with E-state index in [1.54, 1.807) is 56.9 Å². The second-order valence-electron chi connectivity index (χ2n) is 24.9. The van der Waals surface area contributed by atoms with Crippen molar-refractivity contribution < 1.29 is 92.4 Å². The van der Waals surface area contributed by atoms with Crippen molar-refractivity contribution >= 4 is 121 Å². The van der Waals surface area contributed by atoms with E-state index in [0.717, 1.165) is 56.7 Å². The van der Waals surface area contributed by atoms with E-state index in [1.807, 2.05) is 0 Å². The van der Waals surface area contributed by atoms with E-state index in [2.05, 4.69) is 41.5 Å². The molecule has 0 aliphatic carbocycles. The van der Waals surface area contributed by atoms with Crippen LogP contribution in [0.4, 0.5) is 0 Å². The Kier molecular flexibility index (Phi) is 21.5. The Hall–Kier alpha value is -9.36. The zero-order valence-electron chi connectivity index (χ0n) is 56.0. The number of nitrogens with zero attached hydrogens (tertiary/aromatic N) is 9. The first-order chi connectivity index (χ1) is 49.1. The molecule has 544 valence electrons. The van der Waals surface area contributed by atoms with Gasteiger partial charge in [0.25, 0.3) is 23.6 Å². The predicted octanol–water partition coefficient (Wildman–Crippen LogP) is 2.67. The number of aliphatic hydroxyl groups excluding tert-OH is 2. The fourth-order valence-corrected chi connectivity index (χ4v) is 16.7. The highest BCUT2D eigenvalue weighted by Crippen LogP contribution is 2.43. The number of hydrogen-bond donors (Lipinski definition) is 11. The summed E-state index contributed by atoms with van der Waals surface area (Å²) in [4.78, 5) is 147. The number of fused-ring (bicyclic) bond motifs is 15. The van der Waals surface area contributed by atoms with Gasteiger partial charge in [-0.2, -0.15) is 4.73 Å². The molecule has 0 saturated carbocycles. The topological polar surface area (TPSA) is 468 Å². The molecule has 7 unspecified atom stereocenters. The maximum absolute atomic E-state index is 15.2. The molecule has 7 aromatic heterocycles. The average molecular weight is 1510 g/mol. The van der Waals surface area contributed by atoms with Crippen molar-refractivity contribution in [3.05, 3.63) is 112 Å². The Balaban J connectivity index is 1.02. The molecule has 11 atom stereocenters. The van der Waals surface area contributed by atoms with Crippen LogP contribution in [0.1, 0.15) is 125 Å². The Bertz CT molecular complexity index is 4670. The van der Waals surface area contributed by atoms with Gasteiger partial charge in [-0.25, -0.2) is 39.5 Å². The fraction of sp³-hybridized carbons (Fsp3) is 0.406. The number of carbonyl (C=O) groups excluding carboxylic acids is 8. The number of rotatable bonds is 13. The van der Waals surface area contributed by atoms with E-state index in [4.69, 9.17) is 49.1 Å². The van der Waals surface area contributed by atoms with Crippen molar-refractivity contribution in [3.8, 4) is 38.4 Å². The number of likely N-dealkylation sites (N-methyl/N-ethyl adjacent to an activating group) is 2. The van der Waals surface area contributed by atoms with E-state index in [1.165, 1.54) is 60.0 Å². The van der Waals surface area contributed by atoms with E-state index >= 15 is 19.2 Å². The number of cyclic esters (lactones) is 2. The fourth-order valence-electron chi connectivity index (χ4n) is 12.5. The molecule has 12 N–H and O–H groups in total. The van der Waals surface area contributed by atoms with Gasteiger partial charge in [0.1, 0.15) is 126 Å². The average Bonchev–Trinajstić information content (AvgIpc) is 1.68. The third-order valence-corrected chi connectivity index (χ3v) is 21.9. The molecule has 1 saturated heterocycles. The van der Waals surface area contributed by atoms with E-state index < -0.39 is 145 Å². The van der Waals surface area contributed by atoms with E-state index in [-0.39, 0.29) is 124 Å². The van der Waals surface area contributed by atoms with Gasteiger partial charge < -0.3 is 96.2 Å². The number of aromatic nitrogens is 7. The molecule has 4 aliphatic rings. The quantitative estimate of drug-likeness (QED) is 0.0449. The number of methoxy groups -OCH3 is 1. The number of amides is 6. The molecule has 8 aromatic rings. The SMILES string of the molecule is COC(C)=C1NC(=O)C(C(C)O)NC(=O)c2csc(n2)-c2cc(O)c(-c3nc(C(=O)NC(CN(C)CCO)C(N)=O)cs3)nc2-c2csc(n2)C2COC(=O)c3c4c5c(cccc5n3O)COC(=O)C(O[C@H]3C[C@](C)(O)[C@H](N(C)C)[C@H](C)O3)C(OC4)C(NC(=O)c3csc1n3)c1nc(cs1)C(=O)N2. The van der Waals surface area contributed by atoms with Crippen LogP contribution in [-0.2, 0) is 56.0 Å². The smallest absolute Gasteiger partial charge is 0.358 e. The van der Waals surface area contributed by atoms with Gasteiger partial charge in [0.2, 0.25) is 11.8 Å². The molecule has 1 aromatic carbocycles. The summed E-state index contributed by atoms with van der Waals surface area (Å²) in [6.07, 6.45) is -7.59. The van der Waals surface area contributed by atoms with Crippen LogP contribution in [0.25, 0.3) is 49.3 Å².